The molecule has 0 aliphatic carbocycles. The van der Waals surface area contributed by atoms with Gasteiger partial charge >= 0.3 is 0 Å². The predicted molar refractivity (Wildman–Crippen MR) is 79.8 cm³/mol. The summed E-state index contributed by atoms with van der Waals surface area (Å²) in [7, 11) is 0. The summed E-state index contributed by atoms with van der Waals surface area (Å²) in [6.07, 6.45) is 1.83. The maximum atomic E-state index is 11.8. The fourth-order valence-corrected chi connectivity index (χ4v) is 1.79. The largest absolute Gasteiger partial charge is 0.355 e. The maximum absolute atomic E-state index is 11.8. The van der Waals surface area contributed by atoms with Crippen molar-refractivity contribution >= 4 is 5.91 Å². The Balaban J connectivity index is 2.48. The average molecular weight is 260 g/mol. The van der Waals surface area contributed by atoms with Crippen LogP contribution in [0.25, 0.3) is 0 Å². The molecule has 1 amide bonds. The van der Waals surface area contributed by atoms with Crippen LogP contribution in [0.15, 0.2) is 43.0 Å². The Morgan fingerprint density at radius 1 is 1.37 bits per heavy atom. The molecular weight excluding hydrogens is 236 g/mol. The van der Waals surface area contributed by atoms with Gasteiger partial charge in [0.05, 0.1) is 6.54 Å². The highest BCUT2D eigenvalue weighted by Crippen LogP contribution is 2.04. The van der Waals surface area contributed by atoms with Gasteiger partial charge in [-0.15, -0.1) is 6.58 Å². The van der Waals surface area contributed by atoms with E-state index in [0.29, 0.717) is 19.0 Å². The van der Waals surface area contributed by atoms with Gasteiger partial charge in [0, 0.05) is 19.6 Å². The van der Waals surface area contributed by atoms with E-state index < -0.39 is 0 Å². The fourth-order valence-electron chi connectivity index (χ4n) is 1.79. The molecule has 0 saturated heterocycles. The summed E-state index contributed by atoms with van der Waals surface area (Å²) in [6.45, 7) is 10.5. The number of hydrogen-bond acceptors (Lipinski definition) is 2. The minimum atomic E-state index is 0.0754. The average Bonchev–Trinajstić information content (AvgIpc) is 2.38. The topological polar surface area (TPSA) is 32.3 Å². The molecule has 1 rings (SSSR count). The summed E-state index contributed by atoms with van der Waals surface area (Å²) in [5.41, 5.74) is 1.21. The van der Waals surface area contributed by atoms with E-state index in [4.69, 9.17) is 0 Å². The summed E-state index contributed by atoms with van der Waals surface area (Å²) in [5, 5.41) is 2.94. The van der Waals surface area contributed by atoms with E-state index in [2.05, 4.69) is 42.8 Å². The molecule has 0 heterocycles. The second-order valence-electron chi connectivity index (χ2n) is 5.14. The molecule has 3 nitrogen and oxygen atoms in total. The third-order valence-electron chi connectivity index (χ3n) is 2.71. The van der Waals surface area contributed by atoms with Gasteiger partial charge in [-0.25, -0.2) is 0 Å². The van der Waals surface area contributed by atoms with E-state index in [0.717, 1.165) is 13.1 Å². The van der Waals surface area contributed by atoms with Crippen molar-refractivity contribution in [1.82, 2.24) is 10.2 Å². The van der Waals surface area contributed by atoms with Crippen molar-refractivity contribution in [3.8, 4) is 0 Å². The molecule has 0 aromatic heterocycles. The Bertz CT molecular complexity index is 387. The van der Waals surface area contributed by atoms with Crippen LogP contribution >= 0.6 is 0 Å². The van der Waals surface area contributed by atoms with Crippen LogP contribution in [0, 0.1) is 5.92 Å². The zero-order chi connectivity index (χ0) is 14.1. The number of carbonyl (C=O) groups is 1. The van der Waals surface area contributed by atoms with Gasteiger partial charge in [0.1, 0.15) is 0 Å². The van der Waals surface area contributed by atoms with E-state index >= 15 is 0 Å². The smallest absolute Gasteiger partial charge is 0.234 e. The molecule has 0 saturated carbocycles. The number of carbonyl (C=O) groups excluding carboxylic acids is 1. The Kier molecular flexibility index (Phi) is 6.90. The Morgan fingerprint density at radius 3 is 2.63 bits per heavy atom. The van der Waals surface area contributed by atoms with Crippen LogP contribution in [-0.4, -0.2) is 30.4 Å². The summed E-state index contributed by atoms with van der Waals surface area (Å²) < 4.78 is 0. The fraction of sp³-hybridized carbons (Fsp3) is 0.438. The first-order valence-electron chi connectivity index (χ1n) is 6.75. The summed E-state index contributed by atoms with van der Waals surface area (Å²) in [4.78, 5) is 13.9. The molecule has 1 aromatic rings. The third kappa shape index (κ3) is 6.77. The van der Waals surface area contributed by atoms with E-state index in [1.807, 2.05) is 24.3 Å². The van der Waals surface area contributed by atoms with Gasteiger partial charge in [-0.05, 0) is 11.5 Å². The Labute approximate surface area is 116 Å². The second kappa shape index (κ2) is 8.48. The lowest BCUT2D eigenvalue weighted by molar-refractivity contribution is -0.122. The first kappa shape index (κ1) is 15.4. The minimum absolute atomic E-state index is 0.0754. The first-order chi connectivity index (χ1) is 9.11. The molecule has 0 spiro atoms. The highest BCUT2D eigenvalue weighted by Gasteiger charge is 2.10. The highest BCUT2D eigenvalue weighted by atomic mass is 16.2. The number of amides is 1. The third-order valence-corrected chi connectivity index (χ3v) is 2.71. The van der Waals surface area contributed by atoms with Gasteiger partial charge < -0.3 is 5.32 Å². The minimum Gasteiger partial charge on any atom is -0.355 e. The summed E-state index contributed by atoms with van der Waals surface area (Å²) in [5.74, 6) is 0.553. The van der Waals surface area contributed by atoms with Crippen molar-refractivity contribution in [2.75, 3.05) is 19.6 Å². The Morgan fingerprint density at radius 2 is 2.05 bits per heavy atom. The first-order valence-corrected chi connectivity index (χ1v) is 6.75. The molecule has 104 valence electrons. The van der Waals surface area contributed by atoms with E-state index in [-0.39, 0.29) is 5.91 Å². The molecule has 0 aliphatic heterocycles. The molecule has 0 radical (unpaired) electrons. The van der Waals surface area contributed by atoms with Crippen molar-refractivity contribution < 1.29 is 4.79 Å². The van der Waals surface area contributed by atoms with Gasteiger partial charge in [-0.3, -0.25) is 9.69 Å². The van der Waals surface area contributed by atoms with Crippen molar-refractivity contribution in [2.45, 2.75) is 20.4 Å². The standard InChI is InChI=1S/C16H24N2O/c1-4-10-18(12-15-8-6-5-7-9-15)13-16(19)17-11-14(2)3/h4-9,14H,1,10-13H2,2-3H3,(H,17,19). The lowest BCUT2D eigenvalue weighted by Crippen LogP contribution is -2.38. The van der Waals surface area contributed by atoms with Crippen LogP contribution in [0.5, 0.6) is 0 Å². The van der Waals surface area contributed by atoms with Crippen LogP contribution in [0.1, 0.15) is 19.4 Å². The zero-order valence-electron chi connectivity index (χ0n) is 11.9. The predicted octanol–water partition coefficient (Wildman–Crippen LogP) is 2.45. The van der Waals surface area contributed by atoms with E-state index in [1.165, 1.54) is 5.56 Å². The SMILES string of the molecule is C=CCN(CC(=O)NCC(C)C)Cc1ccccc1. The van der Waals surface area contributed by atoms with Crippen LogP contribution < -0.4 is 5.32 Å². The van der Waals surface area contributed by atoms with Gasteiger partial charge in [0.15, 0.2) is 0 Å². The van der Waals surface area contributed by atoms with E-state index in [1.54, 1.807) is 0 Å². The molecule has 1 N–H and O–H groups in total. The molecule has 0 fully saturated rings. The van der Waals surface area contributed by atoms with Crippen LogP contribution in [-0.2, 0) is 11.3 Å². The van der Waals surface area contributed by atoms with Gasteiger partial charge in [-0.1, -0.05) is 50.3 Å². The van der Waals surface area contributed by atoms with Crippen LogP contribution in [0.3, 0.4) is 0 Å². The number of hydrogen-bond donors (Lipinski definition) is 1. The Hall–Kier alpha value is -1.61. The van der Waals surface area contributed by atoms with Crippen molar-refractivity contribution in [3.05, 3.63) is 48.6 Å². The van der Waals surface area contributed by atoms with Crippen LogP contribution in [0.4, 0.5) is 0 Å². The van der Waals surface area contributed by atoms with Gasteiger partial charge in [0.25, 0.3) is 0 Å². The number of rotatable bonds is 8. The lowest BCUT2D eigenvalue weighted by Gasteiger charge is -2.20. The lowest BCUT2D eigenvalue weighted by atomic mass is 10.2. The van der Waals surface area contributed by atoms with Crippen molar-refractivity contribution in [1.29, 1.82) is 0 Å². The molecule has 0 atom stereocenters. The second-order valence-corrected chi connectivity index (χ2v) is 5.14. The molecular formula is C16H24N2O. The molecule has 1 aromatic carbocycles. The molecule has 0 aliphatic rings. The van der Waals surface area contributed by atoms with Crippen molar-refractivity contribution in [2.24, 2.45) is 5.92 Å². The highest BCUT2D eigenvalue weighted by molar-refractivity contribution is 5.78. The summed E-state index contributed by atoms with van der Waals surface area (Å²) in [6, 6.07) is 10.2. The number of benzene rings is 1. The van der Waals surface area contributed by atoms with E-state index in [9.17, 15) is 4.79 Å². The van der Waals surface area contributed by atoms with Gasteiger partial charge in [0.2, 0.25) is 5.91 Å². The summed E-state index contributed by atoms with van der Waals surface area (Å²) >= 11 is 0. The molecule has 19 heavy (non-hydrogen) atoms. The molecule has 0 bridgehead atoms. The molecule has 0 unspecified atom stereocenters. The van der Waals surface area contributed by atoms with Crippen LogP contribution in [0.2, 0.25) is 0 Å². The van der Waals surface area contributed by atoms with Gasteiger partial charge in [-0.2, -0.15) is 0 Å². The quantitative estimate of drug-likeness (QED) is 0.728. The molecule has 3 heteroatoms. The maximum Gasteiger partial charge on any atom is 0.234 e. The number of nitrogens with one attached hydrogen (secondary N) is 1. The van der Waals surface area contributed by atoms with Crippen molar-refractivity contribution in [3.63, 3.8) is 0 Å². The monoisotopic (exact) mass is 260 g/mol. The number of nitrogens with zero attached hydrogens (tertiary/aromatic N) is 1. The zero-order valence-corrected chi connectivity index (χ0v) is 11.9. The normalized spacial score (nSPS) is 10.7.